The summed E-state index contributed by atoms with van der Waals surface area (Å²) in [7, 11) is 4.02. The summed E-state index contributed by atoms with van der Waals surface area (Å²) in [6.45, 7) is 5.26. The topological polar surface area (TPSA) is 32.7 Å². The van der Waals surface area contributed by atoms with Gasteiger partial charge in [-0.25, -0.2) is 0 Å². The van der Waals surface area contributed by atoms with E-state index in [2.05, 4.69) is 4.90 Å². The van der Waals surface area contributed by atoms with Gasteiger partial charge < -0.3 is 14.7 Å². The van der Waals surface area contributed by atoms with Crippen LogP contribution in [0.3, 0.4) is 0 Å². The molecule has 0 bridgehead atoms. The maximum Gasteiger partial charge on any atom is 0.128 e. The summed E-state index contributed by atoms with van der Waals surface area (Å²) in [5.41, 5.74) is 1.93. The Morgan fingerprint density at radius 2 is 2.06 bits per heavy atom. The second-order valence-electron chi connectivity index (χ2n) is 4.32. The van der Waals surface area contributed by atoms with Crippen molar-refractivity contribution in [1.82, 2.24) is 4.90 Å². The molecule has 1 N–H and O–H groups in total. The van der Waals surface area contributed by atoms with Crippen LogP contribution in [0.5, 0.6) is 5.75 Å². The molecule has 16 heavy (non-hydrogen) atoms. The van der Waals surface area contributed by atoms with Gasteiger partial charge in [-0.3, -0.25) is 0 Å². The van der Waals surface area contributed by atoms with Gasteiger partial charge in [0.05, 0.1) is 6.10 Å². The van der Waals surface area contributed by atoms with Crippen molar-refractivity contribution in [2.45, 2.75) is 20.0 Å². The summed E-state index contributed by atoms with van der Waals surface area (Å²) in [5, 5.41) is 9.65. The Bertz CT molecular complexity index is 335. The van der Waals surface area contributed by atoms with Crippen molar-refractivity contribution >= 4 is 0 Å². The van der Waals surface area contributed by atoms with Crippen LogP contribution in [0, 0.1) is 6.92 Å². The monoisotopic (exact) mass is 223 g/mol. The van der Waals surface area contributed by atoms with Gasteiger partial charge in [0.25, 0.3) is 0 Å². The minimum Gasteiger partial charge on any atom is -0.492 e. The van der Waals surface area contributed by atoms with Crippen molar-refractivity contribution in [1.29, 1.82) is 0 Å². The Labute approximate surface area is 97.7 Å². The molecule has 1 atom stereocenters. The van der Waals surface area contributed by atoms with E-state index in [9.17, 15) is 5.11 Å². The molecule has 1 aromatic rings. The fourth-order valence-electron chi connectivity index (χ4n) is 1.53. The number of para-hydroxylation sites is 1. The highest BCUT2D eigenvalue weighted by Crippen LogP contribution is 2.28. The Kier molecular flexibility index (Phi) is 4.77. The molecule has 1 unspecified atom stereocenters. The predicted molar refractivity (Wildman–Crippen MR) is 65.9 cm³/mol. The highest BCUT2D eigenvalue weighted by molar-refractivity contribution is 5.41. The summed E-state index contributed by atoms with van der Waals surface area (Å²) >= 11 is 0. The minimum absolute atomic E-state index is 0.491. The zero-order valence-electron chi connectivity index (χ0n) is 10.5. The van der Waals surface area contributed by atoms with Crippen LogP contribution in [-0.2, 0) is 0 Å². The van der Waals surface area contributed by atoms with Gasteiger partial charge in [0.1, 0.15) is 12.4 Å². The maximum absolute atomic E-state index is 9.65. The Morgan fingerprint density at radius 1 is 1.38 bits per heavy atom. The molecule has 0 aliphatic carbocycles. The molecule has 0 spiro atoms. The van der Waals surface area contributed by atoms with E-state index >= 15 is 0 Å². The van der Waals surface area contributed by atoms with Gasteiger partial charge in [0, 0.05) is 12.1 Å². The summed E-state index contributed by atoms with van der Waals surface area (Å²) in [6.07, 6.45) is -0.491. The first-order valence-corrected chi connectivity index (χ1v) is 5.57. The molecule has 0 radical (unpaired) electrons. The van der Waals surface area contributed by atoms with E-state index in [1.165, 1.54) is 0 Å². The molecule has 1 rings (SSSR count). The fourth-order valence-corrected chi connectivity index (χ4v) is 1.53. The molecule has 0 saturated carbocycles. The molecular formula is C13H21NO2. The molecule has 0 saturated heterocycles. The lowest BCUT2D eigenvalue weighted by Gasteiger charge is -2.17. The minimum atomic E-state index is -0.491. The van der Waals surface area contributed by atoms with Gasteiger partial charge in [-0.2, -0.15) is 0 Å². The molecule has 0 aliphatic rings. The lowest BCUT2D eigenvalue weighted by atomic mass is 10.1. The van der Waals surface area contributed by atoms with Gasteiger partial charge in [-0.05, 0) is 33.5 Å². The average molecular weight is 223 g/mol. The third-order valence-corrected chi connectivity index (χ3v) is 2.48. The van der Waals surface area contributed by atoms with E-state index < -0.39 is 6.10 Å². The molecule has 3 nitrogen and oxygen atoms in total. The number of nitrogens with zero attached hydrogens (tertiary/aromatic N) is 1. The summed E-state index contributed by atoms with van der Waals surface area (Å²) in [6, 6.07) is 5.84. The van der Waals surface area contributed by atoms with Crippen molar-refractivity contribution in [3.63, 3.8) is 0 Å². The number of rotatable bonds is 5. The van der Waals surface area contributed by atoms with Crippen LogP contribution >= 0.6 is 0 Å². The smallest absolute Gasteiger partial charge is 0.128 e. The molecule has 0 aromatic heterocycles. The van der Waals surface area contributed by atoms with E-state index in [-0.39, 0.29) is 0 Å². The van der Waals surface area contributed by atoms with Crippen LogP contribution in [0.25, 0.3) is 0 Å². The normalized spacial score (nSPS) is 12.9. The number of aryl methyl sites for hydroxylation is 1. The van der Waals surface area contributed by atoms with Crippen LogP contribution in [-0.4, -0.2) is 37.3 Å². The van der Waals surface area contributed by atoms with Crippen molar-refractivity contribution in [2.24, 2.45) is 0 Å². The Morgan fingerprint density at radius 3 is 2.62 bits per heavy atom. The van der Waals surface area contributed by atoms with E-state index in [4.69, 9.17) is 4.74 Å². The first-order valence-electron chi connectivity index (χ1n) is 5.57. The molecule has 3 heteroatoms. The summed E-state index contributed by atoms with van der Waals surface area (Å²) in [5.74, 6) is 0.819. The van der Waals surface area contributed by atoms with E-state index in [1.54, 1.807) is 6.92 Å². The van der Waals surface area contributed by atoms with Gasteiger partial charge in [0.2, 0.25) is 0 Å². The zero-order valence-corrected chi connectivity index (χ0v) is 10.5. The number of hydrogen-bond donors (Lipinski definition) is 1. The highest BCUT2D eigenvalue weighted by Gasteiger charge is 2.11. The van der Waals surface area contributed by atoms with Gasteiger partial charge in [0.15, 0.2) is 0 Å². The van der Waals surface area contributed by atoms with Crippen molar-refractivity contribution in [3.8, 4) is 5.75 Å². The average Bonchev–Trinajstić information content (AvgIpc) is 2.19. The Balaban J connectivity index is 2.76. The van der Waals surface area contributed by atoms with E-state index in [0.29, 0.717) is 6.61 Å². The zero-order chi connectivity index (χ0) is 12.1. The van der Waals surface area contributed by atoms with Crippen LogP contribution in [0.4, 0.5) is 0 Å². The molecule has 0 amide bonds. The molecule has 0 aliphatic heterocycles. The number of hydrogen-bond acceptors (Lipinski definition) is 3. The van der Waals surface area contributed by atoms with Crippen LogP contribution in [0.1, 0.15) is 24.2 Å². The molecule has 90 valence electrons. The standard InChI is InChI=1S/C13H21NO2/c1-10-6-5-7-12(11(2)15)13(10)16-9-8-14(3)4/h5-7,11,15H,8-9H2,1-4H3. The molecule has 1 aromatic carbocycles. The first kappa shape index (κ1) is 13.0. The second-order valence-corrected chi connectivity index (χ2v) is 4.32. The lowest BCUT2D eigenvalue weighted by Crippen LogP contribution is -2.20. The van der Waals surface area contributed by atoms with Crippen LogP contribution in [0.2, 0.25) is 0 Å². The molecular weight excluding hydrogens is 202 g/mol. The maximum atomic E-state index is 9.65. The number of ether oxygens (including phenoxy) is 1. The third-order valence-electron chi connectivity index (χ3n) is 2.48. The van der Waals surface area contributed by atoms with Crippen molar-refractivity contribution in [2.75, 3.05) is 27.2 Å². The predicted octanol–water partition coefficient (Wildman–Crippen LogP) is 1.99. The number of likely N-dealkylation sites (N-methyl/N-ethyl adjacent to an activating group) is 1. The largest absolute Gasteiger partial charge is 0.492 e. The van der Waals surface area contributed by atoms with Gasteiger partial charge >= 0.3 is 0 Å². The third kappa shape index (κ3) is 3.51. The van der Waals surface area contributed by atoms with E-state index in [1.807, 2.05) is 39.2 Å². The number of benzene rings is 1. The molecule has 0 heterocycles. The number of aliphatic hydroxyl groups is 1. The highest BCUT2D eigenvalue weighted by atomic mass is 16.5. The van der Waals surface area contributed by atoms with Crippen LogP contribution in [0.15, 0.2) is 18.2 Å². The lowest BCUT2D eigenvalue weighted by molar-refractivity contribution is 0.188. The number of aliphatic hydroxyl groups excluding tert-OH is 1. The Hall–Kier alpha value is -1.06. The van der Waals surface area contributed by atoms with Crippen molar-refractivity contribution in [3.05, 3.63) is 29.3 Å². The molecule has 0 fully saturated rings. The fraction of sp³-hybridized carbons (Fsp3) is 0.538. The first-order chi connectivity index (χ1) is 7.52. The van der Waals surface area contributed by atoms with Crippen molar-refractivity contribution < 1.29 is 9.84 Å². The summed E-state index contributed by atoms with van der Waals surface area (Å²) in [4.78, 5) is 2.07. The van der Waals surface area contributed by atoms with E-state index in [0.717, 1.165) is 23.4 Å². The summed E-state index contributed by atoms with van der Waals surface area (Å²) < 4.78 is 5.74. The van der Waals surface area contributed by atoms with Crippen LogP contribution < -0.4 is 4.74 Å². The van der Waals surface area contributed by atoms with Gasteiger partial charge in [-0.15, -0.1) is 0 Å². The van der Waals surface area contributed by atoms with Gasteiger partial charge in [-0.1, -0.05) is 18.2 Å². The quantitative estimate of drug-likeness (QED) is 0.828. The second kappa shape index (κ2) is 5.87. The SMILES string of the molecule is Cc1cccc(C(C)O)c1OCCN(C)C.